The molecule has 0 aliphatic heterocycles. The molecule has 7 nitrogen and oxygen atoms in total. The van der Waals surface area contributed by atoms with Crippen LogP contribution < -0.4 is 10.6 Å². The fourth-order valence-electron chi connectivity index (χ4n) is 1.55. The van der Waals surface area contributed by atoms with E-state index in [1.54, 1.807) is 0 Å². The van der Waals surface area contributed by atoms with Crippen LogP contribution in [0.5, 0.6) is 0 Å². The molecule has 0 aliphatic rings. The van der Waals surface area contributed by atoms with Crippen molar-refractivity contribution < 1.29 is 19.5 Å². The predicted molar refractivity (Wildman–Crippen MR) is 76.0 cm³/mol. The second-order valence-electron chi connectivity index (χ2n) is 5.04. The molecule has 1 unspecified atom stereocenters. The Balaban J connectivity index is 2.73. The molecule has 1 heterocycles. The zero-order chi connectivity index (χ0) is 16.0. The van der Waals surface area contributed by atoms with Gasteiger partial charge in [0.1, 0.15) is 11.7 Å². The highest BCUT2D eigenvalue weighted by molar-refractivity contribution is 6.04. The first-order valence-electron chi connectivity index (χ1n) is 6.59. The standard InChI is InChI=1S/C14H19N3O4/c1-8(2)7-16-12(18)9(3)17-13(19)11-10(14(20)21)5-4-6-15-11/h4-6,8-9H,7H2,1-3H3,(H,16,18)(H,17,19)(H,20,21). The van der Waals surface area contributed by atoms with Crippen LogP contribution in [0.2, 0.25) is 0 Å². The number of rotatable bonds is 6. The van der Waals surface area contributed by atoms with E-state index >= 15 is 0 Å². The Morgan fingerprint density at radius 3 is 2.52 bits per heavy atom. The number of carbonyl (C=O) groups is 3. The van der Waals surface area contributed by atoms with Crippen LogP contribution in [-0.4, -0.2) is 40.5 Å². The molecule has 0 aromatic carbocycles. The van der Waals surface area contributed by atoms with E-state index in [0.717, 1.165) is 0 Å². The predicted octanol–water partition coefficient (Wildman–Crippen LogP) is 0.670. The Kier molecular flexibility index (Phi) is 5.83. The van der Waals surface area contributed by atoms with E-state index in [9.17, 15) is 14.4 Å². The van der Waals surface area contributed by atoms with Gasteiger partial charge in [-0.2, -0.15) is 0 Å². The molecular formula is C14H19N3O4. The van der Waals surface area contributed by atoms with Crippen molar-refractivity contribution in [2.24, 2.45) is 5.92 Å². The minimum atomic E-state index is -1.25. The van der Waals surface area contributed by atoms with Crippen molar-refractivity contribution in [3.05, 3.63) is 29.6 Å². The van der Waals surface area contributed by atoms with Crippen molar-refractivity contribution in [3.8, 4) is 0 Å². The Morgan fingerprint density at radius 2 is 1.95 bits per heavy atom. The van der Waals surface area contributed by atoms with E-state index in [1.165, 1.54) is 25.3 Å². The van der Waals surface area contributed by atoms with Gasteiger partial charge in [-0.15, -0.1) is 0 Å². The number of carbonyl (C=O) groups excluding carboxylic acids is 2. The number of nitrogens with zero attached hydrogens (tertiary/aromatic N) is 1. The van der Waals surface area contributed by atoms with Crippen molar-refractivity contribution in [3.63, 3.8) is 0 Å². The lowest BCUT2D eigenvalue weighted by Crippen LogP contribution is -2.46. The topological polar surface area (TPSA) is 108 Å². The summed E-state index contributed by atoms with van der Waals surface area (Å²) in [7, 11) is 0. The molecule has 114 valence electrons. The molecule has 0 spiro atoms. The molecule has 1 aromatic rings. The molecule has 3 N–H and O–H groups in total. The molecule has 0 fully saturated rings. The number of aromatic carboxylic acids is 1. The third-order valence-electron chi connectivity index (χ3n) is 2.68. The van der Waals surface area contributed by atoms with Gasteiger partial charge < -0.3 is 15.7 Å². The summed E-state index contributed by atoms with van der Waals surface area (Å²) in [6, 6.07) is 1.94. The van der Waals surface area contributed by atoms with E-state index in [-0.39, 0.29) is 17.2 Å². The summed E-state index contributed by atoms with van der Waals surface area (Å²) in [6.45, 7) is 5.94. The Hall–Kier alpha value is -2.44. The lowest BCUT2D eigenvalue weighted by molar-refractivity contribution is -0.122. The summed E-state index contributed by atoms with van der Waals surface area (Å²) in [5.74, 6) is -1.97. The molecule has 0 bridgehead atoms. The normalized spacial score (nSPS) is 11.8. The smallest absolute Gasteiger partial charge is 0.338 e. The second-order valence-corrected chi connectivity index (χ2v) is 5.04. The molecule has 21 heavy (non-hydrogen) atoms. The lowest BCUT2D eigenvalue weighted by Gasteiger charge is -2.15. The largest absolute Gasteiger partial charge is 0.478 e. The molecule has 1 aromatic heterocycles. The summed E-state index contributed by atoms with van der Waals surface area (Å²) in [4.78, 5) is 38.6. The molecule has 0 saturated carbocycles. The number of amides is 2. The van der Waals surface area contributed by atoms with E-state index in [4.69, 9.17) is 5.11 Å². The van der Waals surface area contributed by atoms with Crippen molar-refractivity contribution in [1.29, 1.82) is 0 Å². The third kappa shape index (κ3) is 4.87. The van der Waals surface area contributed by atoms with Crippen molar-refractivity contribution in [1.82, 2.24) is 15.6 Å². The van der Waals surface area contributed by atoms with Gasteiger partial charge in [0.05, 0.1) is 5.56 Å². The average molecular weight is 293 g/mol. The van der Waals surface area contributed by atoms with Crippen LogP contribution in [0.1, 0.15) is 41.6 Å². The molecular weight excluding hydrogens is 274 g/mol. The minimum absolute atomic E-state index is 0.204. The molecule has 0 saturated heterocycles. The SMILES string of the molecule is CC(C)CNC(=O)C(C)NC(=O)c1ncccc1C(=O)O. The molecule has 1 atom stereocenters. The second kappa shape index (κ2) is 7.37. The quantitative estimate of drug-likeness (QED) is 0.714. The first-order chi connectivity index (χ1) is 9.82. The average Bonchev–Trinajstić information content (AvgIpc) is 2.44. The van der Waals surface area contributed by atoms with Crippen LogP contribution in [0.15, 0.2) is 18.3 Å². The minimum Gasteiger partial charge on any atom is -0.478 e. The third-order valence-corrected chi connectivity index (χ3v) is 2.68. The summed E-state index contributed by atoms with van der Waals surface area (Å²) < 4.78 is 0. The first-order valence-corrected chi connectivity index (χ1v) is 6.59. The van der Waals surface area contributed by atoms with Gasteiger partial charge in [0.15, 0.2) is 0 Å². The maximum absolute atomic E-state index is 12.0. The van der Waals surface area contributed by atoms with E-state index < -0.39 is 17.9 Å². The van der Waals surface area contributed by atoms with Gasteiger partial charge in [0.2, 0.25) is 5.91 Å². The van der Waals surface area contributed by atoms with Crippen LogP contribution >= 0.6 is 0 Å². The zero-order valence-electron chi connectivity index (χ0n) is 12.2. The van der Waals surface area contributed by atoms with Gasteiger partial charge in [0.25, 0.3) is 5.91 Å². The summed E-state index contributed by atoms with van der Waals surface area (Å²) in [5.41, 5.74) is -0.418. The van der Waals surface area contributed by atoms with Crippen molar-refractivity contribution in [2.45, 2.75) is 26.8 Å². The number of hydrogen-bond acceptors (Lipinski definition) is 4. The van der Waals surface area contributed by atoms with Gasteiger partial charge in [-0.05, 0) is 25.0 Å². The zero-order valence-corrected chi connectivity index (χ0v) is 12.2. The molecule has 1 rings (SSSR count). The molecule has 7 heteroatoms. The van der Waals surface area contributed by atoms with E-state index in [1.807, 2.05) is 13.8 Å². The Morgan fingerprint density at radius 1 is 1.29 bits per heavy atom. The van der Waals surface area contributed by atoms with Crippen molar-refractivity contribution >= 4 is 17.8 Å². The Labute approximate surface area is 122 Å². The van der Waals surface area contributed by atoms with Gasteiger partial charge >= 0.3 is 5.97 Å². The molecule has 0 aliphatic carbocycles. The van der Waals surface area contributed by atoms with Gasteiger partial charge in [-0.25, -0.2) is 4.79 Å². The van der Waals surface area contributed by atoms with Crippen LogP contribution in [-0.2, 0) is 4.79 Å². The molecule has 2 amide bonds. The first kappa shape index (κ1) is 16.6. The highest BCUT2D eigenvalue weighted by Crippen LogP contribution is 2.05. The monoisotopic (exact) mass is 293 g/mol. The van der Waals surface area contributed by atoms with Crippen LogP contribution in [0.4, 0.5) is 0 Å². The highest BCUT2D eigenvalue weighted by atomic mass is 16.4. The van der Waals surface area contributed by atoms with Crippen LogP contribution in [0.3, 0.4) is 0 Å². The van der Waals surface area contributed by atoms with E-state index in [2.05, 4.69) is 15.6 Å². The van der Waals surface area contributed by atoms with E-state index in [0.29, 0.717) is 12.5 Å². The number of carboxylic acid groups (broad SMARTS) is 1. The fraction of sp³-hybridized carbons (Fsp3) is 0.429. The summed E-state index contributed by atoms with van der Waals surface area (Å²) in [5, 5.41) is 14.1. The lowest BCUT2D eigenvalue weighted by atomic mass is 10.1. The number of pyridine rings is 1. The highest BCUT2D eigenvalue weighted by Gasteiger charge is 2.21. The van der Waals surface area contributed by atoms with Gasteiger partial charge in [-0.1, -0.05) is 13.8 Å². The number of carboxylic acids is 1. The summed E-state index contributed by atoms with van der Waals surface area (Å²) >= 11 is 0. The van der Waals surface area contributed by atoms with Crippen LogP contribution in [0, 0.1) is 5.92 Å². The fourth-order valence-corrected chi connectivity index (χ4v) is 1.55. The summed E-state index contributed by atoms with van der Waals surface area (Å²) in [6.07, 6.45) is 1.32. The number of aromatic nitrogens is 1. The number of hydrogen-bond donors (Lipinski definition) is 3. The van der Waals surface area contributed by atoms with Crippen LogP contribution in [0.25, 0.3) is 0 Å². The maximum Gasteiger partial charge on any atom is 0.338 e. The number of nitrogens with one attached hydrogen (secondary N) is 2. The molecule has 0 radical (unpaired) electrons. The van der Waals surface area contributed by atoms with Gasteiger partial charge in [-0.3, -0.25) is 14.6 Å². The van der Waals surface area contributed by atoms with Gasteiger partial charge in [0, 0.05) is 12.7 Å². The van der Waals surface area contributed by atoms with Crippen molar-refractivity contribution in [2.75, 3.05) is 6.54 Å². The Bertz CT molecular complexity index is 543. The maximum atomic E-state index is 12.0.